The van der Waals surface area contributed by atoms with Gasteiger partial charge in [-0.1, -0.05) is 12.1 Å². The highest BCUT2D eigenvalue weighted by molar-refractivity contribution is 5.85. The first-order valence-electron chi connectivity index (χ1n) is 6.63. The van der Waals surface area contributed by atoms with E-state index in [2.05, 4.69) is 16.0 Å². The van der Waals surface area contributed by atoms with Crippen molar-refractivity contribution in [3.63, 3.8) is 0 Å². The Hall–Kier alpha value is -2.87. The average molecular weight is 277 g/mol. The summed E-state index contributed by atoms with van der Waals surface area (Å²) in [4.78, 5) is 11.0. The topological polar surface area (TPSA) is 56.7 Å². The largest absolute Gasteiger partial charge is 0.369 e. The number of para-hydroxylation sites is 2. The highest BCUT2D eigenvalue weighted by atomic mass is 15.1. The molecule has 1 aromatic carbocycles. The molecule has 0 N–H and O–H groups in total. The Kier molecular flexibility index (Phi) is 3.07. The molecule has 0 aliphatic heterocycles. The highest BCUT2D eigenvalue weighted by Gasteiger charge is 2.14. The molecule has 0 fully saturated rings. The van der Waals surface area contributed by atoms with Crippen molar-refractivity contribution in [2.24, 2.45) is 4.99 Å². The number of aliphatic imine (C=N–C) groups is 1. The second kappa shape index (κ2) is 4.91. The van der Waals surface area contributed by atoms with E-state index >= 15 is 0 Å². The van der Waals surface area contributed by atoms with Crippen molar-refractivity contribution in [1.29, 1.82) is 5.26 Å². The molecule has 3 aromatic rings. The van der Waals surface area contributed by atoms with E-state index in [1.165, 1.54) is 0 Å². The van der Waals surface area contributed by atoms with Crippen LogP contribution in [0.2, 0.25) is 0 Å². The van der Waals surface area contributed by atoms with Gasteiger partial charge in [0.2, 0.25) is 0 Å². The molecule has 5 nitrogen and oxygen atoms in total. The van der Waals surface area contributed by atoms with Crippen LogP contribution >= 0.6 is 0 Å². The lowest BCUT2D eigenvalue weighted by atomic mass is 10.1. The first-order chi connectivity index (χ1) is 10.1. The van der Waals surface area contributed by atoms with Crippen LogP contribution in [0.4, 0.5) is 5.82 Å². The summed E-state index contributed by atoms with van der Waals surface area (Å²) in [5.74, 6) is 0.768. The second-order valence-corrected chi connectivity index (χ2v) is 5.14. The monoisotopic (exact) mass is 277 g/mol. The Morgan fingerprint density at radius 1 is 1.33 bits per heavy atom. The Morgan fingerprint density at radius 2 is 2.10 bits per heavy atom. The number of pyridine rings is 1. The summed E-state index contributed by atoms with van der Waals surface area (Å²) in [6, 6.07) is 12.0. The van der Waals surface area contributed by atoms with Crippen LogP contribution < -0.4 is 0 Å². The molecule has 104 valence electrons. The smallest absolute Gasteiger partial charge is 0.157 e. The number of aromatic nitrogens is 2. The fraction of sp³-hybridized carbons (Fsp3) is 0.188. The van der Waals surface area contributed by atoms with Crippen molar-refractivity contribution in [2.45, 2.75) is 6.92 Å². The molecule has 5 heteroatoms. The van der Waals surface area contributed by atoms with Gasteiger partial charge in [-0.15, -0.1) is 0 Å². The third-order valence-corrected chi connectivity index (χ3v) is 3.29. The van der Waals surface area contributed by atoms with Gasteiger partial charge in [0.05, 0.1) is 22.9 Å². The van der Waals surface area contributed by atoms with Crippen molar-refractivity contribution >= 4 is 28.8 Å². The Balaban J connectivity index is 2.45. The molecule has 0 spiro atoms. The lowest BCUT2D eigenvalue weighted by Gasteiger charge is -2.07. The maximum absolute atomic E-state index is 9.40. The van der Waals surface area contributed by atoms with E-state index < -0.39 is 0 Å². The normalized spacial score (nSPS) is 11.3. The van der Waals surface area contributed by atoms with Crippen LogP contribution in [0.15, 0.2) is 35.3 Å². The zero-order valence-electron chi connectivity index (χ0n) is 12.2. The highest BCUT2D eigenvalue weighted by Crippen LogP contribution is 2.27. The van der Waals surface area contributed by atoms with Gasteiger partial charge < -0.3 is 4.90 Å². The number of benzene rings is 1. The van der Waals surface area contributed by atoms with Crippen molar-refractivity contribution in [3.05, 3.63) is 41.5 Å². The molecule has 0 radical (unpaired) electrons. The summed E-state index contributed by atoms with van der Waals surface area (Å²) in [5.41, 5.74) is 3.95. The van der Waals surface area contributed by atoms with Crippen LogP contribution in [0.1, 0.15) is 11.1 Å². The van der Waals surface area contributed by atoms with Crippen LogP contribution in [-0.4, -0.2) is 34.7 Å². The third-order valence-electron chi connectivity index (χ3n) is 3.29. The molecule has 0 aliphatic carbocycles. The van der Waals surface area contributed by atoms with Gasteiger partial charge in [-0.05, 0) is 30.7 Å². The number of aryl methyl sites for hydroxylation is 1. The van der Waals surface area contributed by atoms with Crippen molar-refractivity contribution in [2.75, 3.05) is 14.1 Å². The van der Waals surface area contributed by atoms with Gasteiger partial charge in [0.25, 0.3) is 0 Å². The summed E-state index contributed by atoms with van der Waals surface area (Å²) in [5, 5.41) is 9.40. The molecule has 0 unspecified atom stereocenters. The summed E-state index contributed by atoms with van der Waals surface area (Å²) >= 11 is 0. The summed E-state index contributed by atoms with van der Waals surface area (Å²) < 4.78 is 1.93. The predicted octanol–water partition coefficient (Wildman–Crippen LogP) is 2.89. The van der Waals surface area contributed by atoms with E-state index in [4.69, 9.17) is 0 Å². The molecule has 0 saturated carbocycles. The van der Waals surface area contributed by atoms with E-state index in [-0.39, 0.29) is 0 Å². The van der Waals surface area contributed by atoms with Gasteiger partial charge in [-0.3, -0.25) is 4.40 Å². The number of nitriles is 1. The van der Waals surface area contributed by atoms with E-state index in [0.717, 1.165) is 22.4 Å². The quantitative estimate of drug-likeness (QED) is 0.534. The number of hydrogen-bond acceptors (Lipinski definition) is 3. The summed E-state index contributed by atoms with van der Waals surface area (Å²) in [6.45, 7) is 1.91. The molecule has 0 amide bonds. The van der Waals surface area contributed by atoms with Gasteiger partial charge in [0.15, 0.2) is 5.65 Å². The van der Waals surface area contributed by atoms with Gasteiger partial charge in [-0.2, -0.15) is 5.26 Å². The minimum atomic E-state index is 0.593. The number of imidazole rings is 1. The van der Waals surface area contributed by atoms with Gasteiger partial charge in [0.1, 0.15) is 11.9 Å². The van der Waals surface area contributed by atoms with E-state index in [9.17, 15) is 5.26 Å². The molecule has 3 rings (SSSR count). The second-order valence-electron chi connectivity index (χ2n) is 5.14. The van der Waals surface area contributed by atoms with Crippen LogP contribution in [0.3, 0.4) is 0 Å². The Labute approximate surface area is 122 Å². The van der Waals surface area contributed by atoms with Crippen molar-refractivity contribution in [3.8, 4) is 6.07 Å². The van der Waals surface area contributed by atoms with Crippen molar-refractivity contribution < 1.29 is 0 Å². The zero-order chi connectivity index (χ0) is 15.0. The third kappa shape index (κ3) is 2.11. The van der Waals surface area contributed by atoms with Crippen molar-refractivity contribution in [1.82, 2.24) is 14.3 Å². The zero-order valence-corrected chi connectivity index (χ0v) is 12.2. The number of hydrogen-bond donors (Lipinski definition) is 0. The Morgan fingerprint density at radius 3 is 2.81 bits per heavy atom. The minimum absolute atomic E-state index is 0.593. The maximum Gasteiger partial charge on any atom is 0.157 e. The van der Waals surface area contributed by atoms with E-state index in [0.29, 0.717) is 11.2 Å². The van der Waals surface area contributed by atoms with Gasteiger partial charge in [0, 0.05) is 14.1 Å². The number of rotatable bonds is 2. The number of fused-ring (bicyclic) bond motifs is 3. The van der Waals surface area contributed by atoms with Crippen LogP contribution in [0, 0.1) is 18.3 Å². The average Bonchev–Trinajstić information content (AvgIpc) is 2.84. The predicted molar refractivity (Wildman–Crippen MR) is 84.0 cm³/mol. The van der Waals surface area contributed by atoms with Crippen LogP contribution in [0.5, 0.6) is 0 Å². The summed E-state index contributed by atoms with van der Waals surface area (Å²) in [7, 11) is 3.84. The molecule has 21 heavy (non-hydrogen) atoms. The fourth-order valence-corrected chi connectivity index (χ4v) is 2.34. The molecule has 0 aliphatic rings. The molecular formula is C16H15N5. The first kappa shape index (κ1) is 13.1. The molecule has 0 bridgehead atoms. The van der Waals surface area contributed by atoms with E-state index in [1.54, 1.807) is 6.34 Å². The summed E-state index contributed by atoms with van der Waals surface area (Å²) in [6.07, 6.45) is 1.75. The maximum atomic E-state index is 9.40. The fourth-order valence-electron chi connectivity index (χ4n) is 2.34. The van der Waals surface area contributed by atoms with E-state index in [1.807, 2.05) is 60.7 Å². The van der Waals surface area contributed by atoms with Gasteiger partial charge in [-0.25, -0.2) is 9.98 Å². The lowest BCUT2D eigenvalue weighted by Crippen LogP contribution is -2.07. The van der Waals surface area contributed by atoms with Gasteiger partial charge >= 0.3 is 0 Å². The minimum Gasteiger partial charge on any atom is -0.369 e. The molecule has 2 heterocycles. The molecule has 0 atom stereocenters. The first-order valence-corrected chi connectivity index (χ1v) is 6.63. The lowest BCUT2D eigenvalue weighted by molar-refractivity contribution is 0.643. The van der Waals surface area contributed by atoms with Crippen LogP contribution in [0.25, 0.3) is 16.7 Å². The molecule has 0 saturated heterocycles. The van der Waals surface area contributed by atoms with Crippen LogP contribution in [-0.2, 0) is 0 Å². The SMILES string of the molecule is Cc1cc(/N=C\N(C)C)n2c(nc3ccccc32)c1C#N. The molecule has 2 aromatic heterocycles. The Bertz CT molecular complexity index is 896. The molecular weight excluding hydrogens is 262 g/mol. The standard InChI is InChI=1S/C16H15N5/c1-11-8-15(18-10-20(2)3)21-14-7-5-4-6-13(14)19-16(21)12(11)9-17/h4-8,10H,1-3H3/b18-10-. The number of nitrogens with zero attached hydrogens (tertiary/aromatic N) is 5.